The number of para-hydroxylation sites is 1. The fourth-order valence-corrected chi connectivity index (χ4v) is 3.54. The van der Waals surface area contributed by atoms with E-state index in [1.807, 2.05) is 0 Å². The van der Waals surface area contributed by atoms with Gasteiger partial charge in [-0.2, -0.15) is 0 Å². The van der Waals surface area contributed by atoms with E-state index in [-0.39, 0.29) is 18.4 Å². The smallest absolute Gasteiger partial charge is 0.407 e. The Morgan fingerprint density at radius 1 is 1.13 bits per heavy atom. The van der Waals surface area contributed by atoms with E-state index in [9.17, 15) is 19.2 Å². The number of amides is 5. The molecule has 3 rings (SSSR count). The van der Waals surface area contributed by atoms with Crippen LogP contribution in [0.25, 0.3) is 0 Å². The molecule has 0 aliphatic carbocycles. The summed E-state index contributed by atoms with van der Waals surface area (Å²) < 4.78 is 5.26. The first-order valence-corrected chi connectivity index (χ1v) is 10.1. The van der Waals surface area contributed by atoms with Gasteiger partial charge in [0.1, 0.15) is 11.6 Å². The van der Waals surface area contributed by atoms with E-state index >= 15 is 0 Å². The number of imide groups is 1. The highest BCUT2D eigenvalue weighted by molar-refractivity contribution is 6.22. The monoisotopic (exact) mass is 416 g/mol. The molecule has 2 fully saturated rings. The van der Waals surface area contributed by atoms with Gasteiger partial charge in [0.15, 0.2) is 0 Å². The van der Waals surface area contributed by atoms with Crippen molar-refractivity contribution in [1.29, 1.82) is 0 Å². The molecule has 2 N–H and O–H groups in total. The molecule has 162 valence electrons. The SMILES string of the molecule is CC(C)(C)OC(=O)NC1CCN(C(=O)CC2NC(=O)N(c3ccccc3)C2=O)CC1. The van der Waals surface area contributed by atoms with Gasteiger partial charge in [0.2, 0.25) is 5.91 Å². The van der Waals surface area contributed by atoms with Crippen LogP contribution in [0.15, 0.2) is 30.3 Å². The van der Waals surface area contributed by atoms with Gasteiger partial charge >= 0.3 is 12.1 Å². The summed E-state index contributed by atoms with van der Waals surface area (Å²) in [5.74, 6) is -0.625. The molecule has 1 atom stereocenters. The molecule has 2 heterocycles. The van der Waals surface area contributed by atoms with Gasteiger partial charge in [-0.3, -0.25) is 9.59 Å². The second-order valence-corrected chi connectivity index (χ2v) is 8.52. The van der Waals surface area contributed by atoms with Crippen LogP contribution in [0.4, 0.5) is 15.3 Å². The number of hydrogen-bond acceptors (Lipinski definition) is 5. The van der Waals surface area contributed by atoms with Crippen molar-refractivity contribution in [2.75, 3.05) is 18.0 Å². The summed E-state index contributed by atoms with van der Waals surface area (Å²) in [4.78, 5) is 52.1. The van der Waals surface area contributed by atoms with Gasteiger partial charge in [0.05, 0.1) is 12.1 Å². The Balaban J connectivity index is 1.49. The van der Waals surface area contributed by atoms with Crippen LogP contribution in [0.5, 0.6) is 0 Å². The number of likely N-dealkylation sites (tertiary alicyclic amines) is 1. The molecule has 9 heteroatoms. The van der Waals surface area contributed by atoms with E-state index < -0.39 is 29.7 Å². The van der Waals surface area contributed by atoms with Gasteiger partial charge in [-0.1, -0.05) is 18.2 Å². The number of nitrogens with zero attached hydrogens (tertiary/aromatic N) is 2. The fourth-order valence-electron chi connectivity index (χ4n) is 3.54. The molecule has 30 heavy (non-hydrogen) atoms. The van der Waals surface area contributed by atoms with Crippen molar-refractivity contribution in [2.45, 2.75) is 57.7 Å². The van der Waals surface area contributed by atoms with Crippen LogP contribution < -0.4 is 15.5 Å². The lowest BCUT2D eigenvalue weighted by atomic mass is 10.0. The summed E-state index contributed by atoms with van der Waals surface area (Å²) >= 11 is 0. The van der Waals surface area contributed by atoms with E-state index in [0.29, 0.717) is 31.6 Å². The Kier molecular flexibility index (Phi) is 6.28. The maximum Gasteiger partial charge on any atom is 0.407 e. The second-order valence-electron chi connectivity index (χ2n) is 8.52. The number of urea groups is 1. The Morgan fingerprint density at radius 2 is 1.77 bits per heavy atom. The summed E-state index contributed by atoms with van der Waals surface area (Å²) in [6.07, 6.45) is 0.656. The Morgan fingerprint density at radius 3 is 2.37 bits per heavy atom. The number of alkyl carbamates (subject to hydrolysis) is 1. The van der Waals surface area contributed by atoms with Crippen LogP contribution >= 0.6 is 0 Å². The van der Waals surface area contributed by atoms with Crippen molar-refractivity contribution >= 4 is 29.6 Å². The van der Waals surface area contributed by atoms with Crippen LogP contribution in [0.2, 0.25) is 0 Å². The number of carbonyl (C=O) groups excluding carboxylic acids is 4. The molecule has 5 amide bonds. The lowest BCUT2D eigenvalue weighted by molar-refractivity contribution is -0.134. The molecular weight excluding hydrogens is 388 g/mol. The Bertz CT molecular complexity index is 812. The van der Waals surface area contributed by atoms with Crippen molar-refractivity contribution in [3.63, 3.8) is 0 Å². The molecule has 2 aliphatic rings. The summed E-state index contributed by atoms with van der Waals surface area (Å²) in [6.45, 7) is 6.34. The van der Waals surface area contributed by atoms with Crippen LogP contribution in [0.3, 0.4) is 0 Å². The average Bonchev–Trinajstić information content (AvgIpc) is 2.94. The average molecular weight is 416 g/mol. The zero-order valence-electron chi connectivity index (χ0n) is 17.5. The minimum atomic E-state index is -0.872. The topological polar surface area (TPSA) is 108 Å². The van der Waals surface area contributed by atoms with E-state index in [0.717, 1.165) is 4.90 Å². The van der Waals surface area contributed by atoms with E-state index in [2.05, 4.69) is 10.6 Å². The number of benzene rings is 1. The first kappa shape index (κ1) is 21.6. The fraction of sp³-hybridized carbons (Fsp3) is 0.524. The predicted molar refractivity (Wildman–Crippen MR) is 110 cm³/mol. The van der Waals surface area contributed by atoms with Gasteiger partial charge in [-0.05, 0) is 45.7 Å². The van der Waals surface area contributed by atoms with E-state index in [4.69, 9.17) is 4.74 Å². The molecule has 1 unspecified atom stereocenters. The van der Waals surface area contributed by atoms with Crippen molar-refractivity contribution in [1.82, 2.24) is 15.5 Å². The molecule has 9 nitrogen and oxygen atoms in total. The minimum Gasteiger partial charge on any atom is -0.444 e. The van der Waals surface area contributed by atoms with Gasteiger partial charge in [0.25, 0.3) is 5.91 Å². The standard InChI is InChI=1S/C21H28N4O5/c1-21(2,3)30-20(29)22-14-9-11-24(12-10-14)17(26)13-16-18(27)25(19(28)23-16)15-7-5-4-6-8-15/h4-8,14,16H,9-13H2,1-3H3,(H,22,29)(H,23,28). The summed E-state index contributed by atoms with van der Waals surface area (Å²) in [5, 5.41) is 5.42. The number of nitrogens with one attached hydrogen (secondary N) is 2. The van der Waals surface area contributed by atoms with Crippen molar-refractivity contribution in [3.05, 3.63) is 30.3 Å². The third-order valence-corrected chi connectivity index (χ3v) is 4.98. The largest absolute Gasteiger partial charge is 0.444 e. The zero-order chi connectivity index (χ0) is 21.9. The zero-order valence-corrected chi connectivity index (χ0v) is 17.5. The summed E-state index contributed by atoms with van der Waals surface area (Å²) in [7, 11) is 0. The highest BCUT2D eigenvalue weighted by Crippen LogP contribution is 2.21. The number of hydrogen-bond donors (Lipinski definition) is 2. The van der Waals surface area contributed by atoms with Crippen LogP contribution in [0, 0.1) is 0 Å². The summed E-state index contributed by atoms with van der Waals surface area (Å²) in [5.41, 5.74) is -0.0870. The van der Waals surface area contributed by atoms with Gasteiger partial charge in [0, 0.05) is 19.1 Å². The number of carbonyl (C=O) groups is 4. The first-order chi connectivity index (χ1) is 14.1. The molecule has 1 aromatic rings. The maximum atomic E-state index is 12.7. The minimum absolute atomic E-state index is 0.0645. The molecule has 0 saturated carbocycles. The van der Waals surface area contributed by atoms with Crippen LogP contribution in [-0.2, 0) is 14.3 Å². The van der Waals surface area contributed by atoms with Gasteiger partial charge < -0.3 is 20.3 Å². The first-order valence-electron chi connectivity index (χ1n) is 10.1. The molecule has 2 saturated heterocycles. The van der Waals surface area contributed by atoms with E-state index in [1.54, 1.807) is 56.0 Å². The lowest BCUT2D eigenvalue weighted by Crippen LogP contribution is -2.48. The van der Waals surface area contributed by atoms with Crippen LogP contribution in [-0.4, -0.2) is 59.6 Å². The van der Waals surface area contributed by atoms with Gasteiger partial charge in [-0.15, -0.1) is 0 Å². The van der Waals surface area contributed by atoms with Crippen molar-refractivity contribution in [2.24, 2.45) is 0 Å². The molecule has 0 bridgehead atoms. The van der Waals surface area contributed by atoms with Crippen LogP contribution in [0.1, 0.15) is 40.0 Å². The molecule has 0 spiro atoms. The molecule has 1 aromatic carbocycles. The van der Waals surface area contributed by atoms with Gasteiger partial charge in [-0.25, -0.2) is 14.5 Å². The van der Waals surface area contributed by atoms with Crippen molar-refractivity contribution in [3.8, 4) is 0 Å². The Labute approximate surface area is 175 Å². The third-order valence-electron chi connectivity index (χ3n) is 4.98. The molecule has 2 aliphatic heterocycles. The number of piperidine rings is 1. The molecular formula is C21H28N4O5. The highest BCUT2D eigenvalue weighted by Gasteiger charge is 2.41. The maximum absolute atomic E-state index is 12.7. The predicted octanol–water partition coefficient (Wildman–Crippen LogP) is 2.02. The van der Waals surface area contributed by atoms with Crippen molar-refractivity contribution < 1.29 is 23.9 Å². The molecule has 0 radical (unpaired) electrons. The number of anilines is 1. The second kappa shape index (κ2) is 8.73. The number of rotatable bonds is 4. The normalized spacial score (nSPS) is 20.2. The highest BCUT2D eigenvalue weighted by atomic mass is 16.6. The van der Waals surface area contributed by atoms with E-state index in [1.165, 1.54) is 0 Å². The third kappa shape index (κ3) is 5.28. The Hall–Kier alpha value is -3.10. The number of ether oxygens (including phenoxy) is 1. The summed E-state index contributed by atoms with van der Waals surface area (Å²) in [6, 6.07) is 7.16. The quantitative estimate of drug-likeness (QED) is 0.730. The molecule has 0 aromatic heterocycles. The lowest BCUT2D eigenvalue weighted by Gasteiger charge is -2.33.